The van der Waals surface area contributed by atoms with Crippen LogP contribution < -0.4 is 9.47 Å². The van der Waals surface area contributed by atoms with Crippen LogP contribution in [0.15, 0.2) is 30.3 Å². The molecule has 4 nitrogen and oxygen atoms in total. The van der Waals surface area contributed by atoms with Crippen molar-refractivity contribution in [2.45, 2.75) is 0 Å². The van der Waals surface area contributed by atoms with Crippen LogP contribution in [0.1, 0.15) is 5.56 Å². The predicted octanol–water partition coefficient (Wildman–Crippen LogP) is 4.39. The van der Waals surface area contributed by atoms with E-state index in [4.69, 9.17) is 14.2 Å². The lowest BCUT2D eigenvalue weighted by molar-refractivity contribution is 0.0435. The summed E-state index contributed by atoms with van der Waals surface area (Å²) >= 11 is 0. The fraction of sp³-hybridized carbons (Fsp3) is 0.300. The fourth-order valence-electron chi connectivity index (χ4n) is 2.75. The lowest BCUT2D eigenvalue weighted by atomic mass is 10.1. The molecule has 2 aromatic rings. The molecule has 0 atom stereocenters. The summed E-state index contributed by atoms with van der Waals surface area (Å²) in [7, 11) is 1.40. The molecule has 3 rings (SSSR count). The highest BCUT2D eigenvalue weighted by molar-refractivity contribution is 5.54. The van der Waals surface area contributed by atoms with E-state index in [0.717, 1.165) is 6.08 Å². The second-order valence-corrected chi connectivity index (χ2v) is 6.10. The lowest BCUT2D eigenvalue weighted by Crippen LogP contribution is -2.36. The van der Waals surface area contributed by atoms with Crippen LogP contribution in [0.2, 0.25) is 0 Å². The molecule has 0 aliphatic carbocycles. The number of rotatable bonds is 6. The third-order valence-corrected chi connectivity index (χ3v) is 4.27. The predicted molar refractivity (Wildman–Crippen MR) is 95.6 cm³/mol. The molecule has 0 saturated carbocycles. The van der Waals surface area contributed by atoms with Gasteiger partial charge in [0.1, 0.15) is 11.5 Å². The van der Waals surface area contributed by atoms with Crippen molar-refractivity contribution in [2.75, 3.05) is 40.0 Å². The van der Waals surface area contributed by atoms with E-state index in [0.29, 0.717) is 38.6 Å². The molecule has 1 saturated heterocycles. The zero-order valence-corrected chi connectivity index (χ0v) is 15.2. The van der Waals surface area contributed by atoms with Gasteiger partial charge in [0.2, 0.25) is 17.4 Å². The van der Waals surface area contributed by atoms with E-state index >= 15 is 0 Å². The van der Waals surface area contributed by atoms with E-state index in [1.165, 1.54) is 31.4 Å². The molecule has 150 valence electrons. The average Bonchev–Trinajstić information content (AvgIpc) is 2.73. The summed E-state index contributed by atoms with van der Waals surface area (Å²) in [6.45, 7) is 2.86. The Bertz CT molecular complexity index is 838. The van der Waals surface area contributed by atoms with E-state index in [2.05, 4.69) is 0 Å². The van der Waals surface area contributed by atoms with Gasteiger partial charge >= 0.3 is 0 Å². The number of methoxy groups -OCH3 is 1. The summed E-state index contributed by atoms with van der Waals surface area (Å²) in [5.41, 5.74) is -0.791. The van der Waals surface area contributed by atoms with Gasteiger partial charge in [-0.05, 0) is 12.1 Å². The van der Waals surface area contributed by atoms with Crippen molar-refractivity contribution in [1.82, 2.24) is 4.90 Å². The van der Waals surface area contributed by atoms with Gasteiger partial charge in [-0.15, -0.1) is 0 Å². The Labute approximate surface area is 159 Å². The van der Waals surface area contributed by atoms with Crippen LogP contribution in [0.4, 0.5) is 17.6 Å². The molecule has 1 aliphatic heterocycles. The van der Waals surface area contributed by atoms with E-state index in [9.17, 15) is 17.6 Å². The number of ether oxygens (including phenoxy) is 3. The maximum atomic E-state index is 14.4. The van der Waals surface area contributed by atoms with Crippen LogP contribution in [-0.2, 0) is 4.74 Å². The molecule has 28 heavy (non-hydrogen) atoms. The van der Waals surface area contributed by atoms with Crippen LogP contribution in [0.25, 0.3) is 6.08 Å². The van der Waals surface area contributed by atoms with Gasteiger partial charge in [0.05, 0.1) is 25.9 Å². The molecule has 2 aromatic carbocycles. The first-order valence-corrected chi connectivity index (χ1v) is 8.65. The molecule has 0 N–H and O–H groups in total. The molecule has 1 fully saturated rings. The largest absolute Gasteiger partial charge is 0.497 e. The summed E-state index contributed by atoms with van der Waals surface area (Å²) in [4.78, 5) is 1.99. The molecule has 1 heterocycles. The smallest absolute Gasteiger partial charge is 0.205 e. The van der Waals surface area contributed by atoms with Crippen molar-refractivity contribution in [2.24, 2.45) is 0 Å². The molecule has 0 spiro atoms. The molecular weight excluding hydrogens is 378 g/mol. The Kier molecular flexibility index (Phi) is 6.53. The molecule has 8 heteroatoms. The minimum absolute atomic E-state index is 0.0217. The van der Waals surface area contributed by atoms with Crippen LogP contribution in [-0.4, -0.2) is 44.9 Å². The molecule has 0 aromatic heterocycles. The lowest BCUT2D eigenvalue weighted by Gasteiger charge is -2.25. The van der Waals surface area contributed by atoms with Gasteiger partial charge in [0.25, 0.3) is 0 Å². The highest BCUT2D eigenvalue weighted by Crippen LogP contribution is 2.34. The minimum atomic E-state index is -1.60. The van der Waals surface area contributed by atoms with Crippen molar-refractivity contribution in [3.63, 3.8) is 0 Å². The third kappa shape index (κ3) is 4.45. The van der Waals surface area contributed by atoms with Crippen LogP contribution >= 0.6 is 0 Å². The van der Waals surface area contributed by atoms with Crippen molar-refractivity contribution in [3.05, 3.63) is 59.2 Å². The topological polar surface area (TPSA) is 30.9 Å². The zero-order valence-electron chi connectivity index (χ0n) is 15.2. The van der Waals surface area contributed by atoms with Gasteiger partial charge < -0.3 is 14.2 Å². The van der Waals surface area contributed by atoms with E-state index in [1.54, 1.807) is 6.07 Å². The Morgan fingerprint density at radius 2 is 1.64 bits per heavy atom. The standard InChI is InChI=1S/C20H19F4NO3/c1-26-13-4-2-5-14(12-13)28-20-18(23)16(21)15(17(22)19(20)24)6-3-7-25-8-10-27-11-9-25/h2-6,12H,7-11H2,1H3/b6-3+. The van der Waals surface area contributed by atoms with Crippen molar-refractivity contribution in [1.29, 1.82) is 0 Å². The van der Waals surface area contributed by atoms with Gasteiger partial charge in [-0.3, -0.25) is 4.90 Å². The quantitative estimate of drug-likeness (QED) is 0.535. The van der Waals surface area contributed by atoms with Crippen LogP contribution in [0.3, 0.4) is 0 Å². The normalized spacial score (nSPS) is 15.2. The molecule has 0 bridgehead atoms. The number of hydrogen-bond acceptors (Lipinski definition) is 4. The Balaban J connectivity index is 1.84. The zero-order chi connectivity index (χ0) is 20.1. The number of halogens is 4. The first-order chi connectivity index (χ1) is 13.5. The Morgan fingerprint density at radius 1 is 1.00 bits per heavy atom. The first-order valence-electron chi connectivity index (χ1n) is 8.65. The number of morpholine rings is 1. The van der Waals surface area contributed by atoms with E-state index in [-0.39, 0.29) is 5.75 Å². The summed E-state index contributed by atoms with van der Waals surface area (Å²) in [6, 6.07) is 5.82. The SMILES string of the molecule is COc1cccc(Oc2c(F)c(F)c(/C=C/CN3CCOCC3)c(F)c2F)c1. The Hall–Kier alpha value is -2.58. The number of nitrogens with zero attached hydrogens (tertiary/aromatic N) is 1. The van der Waals surface area contributed by atoms with Gasteiger partial charge in [0, 0.05) is 25.7 Å². The second kappa shape index (κ2) is 9.07. The summed E-state index contributed by atoms with van der Waals surface area (Å²) in [5.74, 6) is -7.05. The number of benzene rings is 2. The van der Waals surface area contributed by atoms with Crippen molar-refractivity contribution in [3.8, 4) is 17.2 Å². The monoisotopic (exact) mass is 397 g/mol. The van der Waals surface area contributed by atoms with Crippen molar-refractivity contribution < 1.29 is 31.8 Å². The van der Waals surface area contributed by atoms with Crippen LogP contribution in [0.5, 0.6) is 17.2 Å². The van der Waals surface area contributed by atoms with Crippen LogP contribution in [0, 0.1) is 23.3 Å². The highest BCUT2D eigenvalue weighted by Gasteiger charge is 2.26. The molecule has 0 radical (unpaired) electrons. The summed E-state index contributed by atoms with van der Waals surface area (Å²) in [5, 5.41) is 0. The first kappa shape index (κ1) is 20.2. The van der Waals surface area contributed by atoms with E-state index in [1.807, 2.05) is 4.90 Å². The van der Waals surface area contributed by atoms with Gasteiger partial charge in [-0.25, -0.2) is 8.78 Å². The maximum Gasteiger partial charge on any atom is 0.205 e. The highest BCUT2D eigenvalue weighted by atomic mass is 19.2. The summed E-state index contributed by atoms with van der Waals surface area (Å²) < 4.78 is 72.6. The van der Waals surface area contributed by atoms with Crippen molar-refractivity contribution >= 4 is 6.08 Å². The average molecular weight is 397 g/mol. The molecule has 1 aliphatic rings. The second-order valence-electron chi connectivity index (χ2n) is 6.10. The maximum absolute atomic E-state index is 14.4. The third-order valence-electron chi connectivity index (χ3n) is 4.27. The molecule has 0 amide bonds. The summed E-state index contributed by atoms with van der Waals surface area (Å²) in [6.07, 6.45) is 2.48. The minimum Gasteiger partial charge on any atom is -0.497 e. The van der Waals surface area contributed by atoms with E-state index < -0.39 is 34.6 Å². The number of hydrogen-bond donors (Lipinski definition) is 0. The van der Waals surface area contributed by atoms with Gasteiger partial charge in [0.15, 0.2) is 11.6 Å². The van der Waals surface area contributed by atoms with Gasteiger partial charge in [-0.2, -0.15) is 8.78 Å². The molecule has 0 unspecified atom stereocenters. The molecular formula is C20H19F4NO3. The fourth-order valence-corrected chi connectivity index (χ4v) is 2.75. The van der Waals surface area contributed by atoms with Gasteiger partial charge in [-0.1, -0.05) is 18.2 Å². The Morgan fingerprint density at radius 3 is 2.29 bits per heavy atom.